The summed E-state index contributed by atoms with van der Waals surface area (Å²) >= 11 is 6.11. The van der Waals surface area contributed by atoms with Gasteiger partial charge < -0.3 is 10.2 Å². The molecule has 0 unspecified atom stereocenters. The minimum absolute atomic E-state index is 0.255. The highest BCUT2D eigenvalue weighted by molar-refractivity contribution is 6.31. The van der Waals surface area contributed by atoms with Gasteiger partial charge in [0, 0.05) is 22.9 Å². The lowest BCUT2D eigenvalue weighted by atomic mass is 10.1. The number of anilines is 2. The Morgan fingerprint density at radius 3 is 2.62 bits per heavy atom. The third-order valence-corrected chi connectivity index (χ3v) is 4.51. The van der Waals surface area contributed by atoms with Gasteiger partial charge in [-0.05, 0) is 55.3 Å². The predicted octanol–water partition coefficient (Wildman–Crippen LogP) is 3.78. The van der Waals surface area contributed by atoms with Crippen LogP contribution in [-0.4, -0.2) is 18.4 Å². The number of aryl methyl sites for hydroxylation is 1. The van der Waals surface area contributed by atoms with Crippen molar-refractivity contribution in [3.8, 4) is 0 Å². The molecule has 1 fully saturated rings. The smallest absolute Gasteiger partial charge is 0.239 e. The third kappa shape index (κ3) is 3.26. The average Bonchev–Trinajstić information content (AvgIpc) is 2.94. The van der Waals surface area contributed by atoms with E-state index in [4.69, 9.17) is 11.6 Å². The first kappa shape index (κ1) is 16.5. The van der Waals surface area contributed by atoms with E-state index in [9.17, 15) is 14.0 Å². The highest BCUT2D eigenvalue weighted by Gasteiger charge is 2.37. The number of benzene rings is 2. The summed E-state index contributed by atoms with van der Waals surface area (Å²) in [5.41, 5.74) is 2.08. The number of hydrogen-bond acceptors (Lipinski definition) is 2. The molecule has 0 aliphatic carbocycles. The van der Waals surface area contributed by atoms with E-state index in [2.05, 4.69) is 5.32 Å². The van der Waals surface area contributed by atoms with Gasteiger partial charge in [-0.1, -0.05) is 17.7 Å². The second-order valence-corrected chi connectivity index (χ2v) is 6.17. The number of carbonyl (C=O) groups is 2. The van der Waals surface area contributed by atoms with Crippen LogP contribution in [0.1, 0.15) is 12.0 Å². The molecule has 1 aliphatic rings. The van der Waals surface area contributed by atoms with Crippen LogP contribution in [0.4, 0.5) is 15.8 Å². The lowest BCUT2D eigenvalue weighted by Gasteiger charge is -2.17. The van der Waals surface area contributed by atoms with Gasteiger partial charge in [-0.15, -0.1) is 0 Å². The first-order valence-corrected chi connectivity index (χ1v) is 7.97. The Bertz CT molecular complexity index is 792. The Balaban J connectivity index is 1.72. The lowest BCUT2D eigenvalue weighted by Crippen LogP contribution is -2.33. The van der Waals surface area contributed by atoms with E-state index in [-0.39, 0.29) is 17.6 Å². The fourth-order valence-corrected chi connectivity index (χ4v) is 2.87. The molecule has 2 amide bonds. The molecule has 2 aromatic rings. The summed E-state index contributed by atoms with van der Waals surface area (Å²) in [5.74, 6) is -1.77. The number of carbonyl (C=O) groups excluding carboxylic acids is 2. The van der Waals surface area contributed by atoms with Crippen molar-refractivity contribution < 1.29 is 14.0 Å². The Kier molecular flexibility index (Phi) is 4.53. The van der Waals surface area contributed by atoms with Gasteiger partial charge in [-0.3, -0.25) is 9.59 Å². The summed E-state index contributed by atoms with van der Waals surface area (Å²) in [6.45, 7) is 2.34. The zero-order valence-electron chi connectivity index (χ0n) is 13.1. The van der Waals surface area contributed by atoms with Crippen molar-refractivity contribution in [1.82, 2.24) is 0 Å². The van der Waals surface area contributed by atoms with E-state index in [1.807, 2.05) is 19.1 Å². The van der Waals surface area contributed by atoms with E-state index in [0.29, 0.717) is 29.4 Å². The molecule has 6 heteroatoms. The van der Waals surface area contributed by atoms with Gasteiger partial charge in [0.05, 0.1) is 0 Å². The van der Waals surface area contributed by atoms with Crippen LogP contribution in [0.15, 0.2) is 42.5 Å². The van der Waals surface area contributed by atoms with E-state index >= 15 is 0 Å². The molecule has 1 atom stereocenters. The topological polar surface area (TPSA) is 49.4 Å². The quantitative estimate of drug-likeness (QED) is 0.860. The molecule has 4 nitrogen and oxygen atoms in total. The van der Waals surface area contributed by atoms with Crippen LogP contribution in [0, 0.1) is 18.7 Å². The Hall–Kier alpha value is -2.40. The monoisotopic (exact) mass is 346 g/mol. The average molecular weight is 347 g/mol. The molecule has 1 aliphatic heterocycles. The van der Waals surface area contributed by atoms with Crippen molar-refractivity contribution in [1.29, 1.82) is 0 Å². The molecule has 0 bridgehead atoms. The molecular formula is C18H16ClFN2O2. The zero-order valence-corrected chi connectivity index (χ0v) is 13.8. The molecule has 0 spiro atoms. The second-order valence-electron chi connectivity index (χ2n) is 5.76. The molecule has 2 aromatic carbocycles. The number of halogens is 2. The van der Waals surface area contributed by atoms with Crippen molar-refractivity contribution in [3.63, 3.8) is 0 Å². The first-order chi connectivity index (χ1) is 11.5. The van der Waals surface area contributed by atoms with Gasteiger partial charge >= 0.3 is 0 Å². The van der Waals surface area contributed by atoms with Crippen molar-refractivity contribution in [2.45, 2.75) is 13.3 Å². The third-order valence-electron chi connectivity index (χ3n) is 4.10. The highest BCUT2D eigenvalue weighted by Crippen LogP contribution is 2.29. The van der Waals surface area contributed by atoms with Gasteiger partial charge in [-0.25, -0.2) is 4.39 Å². The van der Waals surface area contributed by atoms with Crippen LogP contribution >= 0.6 is 11.6 Å². The first-order valence-electron chi connectivity index (χ1n) is 7.59. The van der Waals surface area contributed by atoms with Crippen LogP contribution in [-0.2, 0) is 9.59 Å². The maximum absolute atomic E-state index is 12.9. The lowest BCUT2D eigenvalue weighted by molar-refractivity contribution is -0.129. The number of nitrogens with zero attached hydrogens (tertiary/aromatic N) is 1. The second kappa shape index (κ2) is 6.61. The number of amides is 2. The summed E-state index contributed by atoms with van der Waals surface area (Å²) in [5, 5.41) is 3.24. The van der Waals surface area contributed by atoms with Gasteiger partial charge in [-0.2, -0.15) is 0 Å². The maximum atomic E-state index is 12.9. The minimum atomic E-state index is -0.755. The molecule has 24 heavy (non-hydrogen) atoms. The molecule has 1 heterocycles. The molecular weight excluding hydrogens is 331 g/mol. The highest BCUT2D eigenvalue weighted by atomic mass is 35.5. The van der Waals surface area contributed by atoms with Crippen LogP contribution in [0.2, 0.25) is 5.02 Å². The minimum Gasteiger partial charge on any atom is -0.325 e. The van der Waals surface area contributed by atoms with Crippen LogP contribution in [0.5, 0.6) is 0 Å². The molecule has 0 saturated carbocycles. The summed E-state index contributed by atoms with van der Waals surface area (Å²) in [4.78, 5) is 26.4. The van der Waals surface area contributed by atoms with Crippen molar-refractivity contribution in [2.75, 3.05) is 16.8 Å². The van der Waals surface area contributed by atoms with Crippen molar-refractivity contribution in [2.24, 2.45) is 5.92 Å². The number of nitrogens with one attached hydrogen (secondary N) is 1. The van der Waals surface area contributed by atoms with Gasteiger partial charge in [0.2, 0.25) is 11.8 Å². The maximum Gasteiger partial charge on any atom is 0.239 e. The zero-order chi connectivity index (χ0) is 17.3. The van der Waals surface area contributed by atoms with Gasteiger partial charge in [0.1, 0.15) is 11.7 Å². The van der Waals surface area contributed by atoms with Crippen LogP contribution < -0.4 is 10.2 Å². The predicted molar refractivity (Wildman–Crippen MR) is 91.7 cm³/mol. The SMILES string of the molecule is Cc1ccc(N2CC[C@@H](C(=O)Nc3ccc(F)cc3)C2=O)cc1Cl. The van der Waals surface area contributed by atoms with E-state index in [1.54, 1.807) is 11.0 Å². The van der Waals surface area contributed by atoms with Crippen molar-refractivity contribution >= 4 is 34.8 Å². The van der Waals surface area contributed by atoms with E-state index < -0.39 is 5.92 Å². The number of rotatable bonds is 3. The fraction of sp³-hybridized carbons (Fsp3) is 0.222. The van der Waals surface area contributed by atoms with Crippen molar-refractivity contribution in [3.05, 3.63) is 58.9 Å². The Labute approximate surface area is 144 Å². The van der Waals surface area contributed by atoms with Gasteiger partial charge in [0.15, 0.2) is 0 Å². The molecule has 3 rings (SSSR count). The van der Waals surface area contributed by atoms with Crippen LogP contribution in [0.25, 0.3) is 0 Å². The molecule has 0 aromatic heterocycles. The summed E-state index contributed by atoms with van der Waals surface area (Å²) in [7, 11) is 0. The molecule has 0 radical (unpaired) electrons. The Morgan fingerprint density at radius 1 is 1.25 bits per heavy atom. The normalized spacial score (nSPS) is 17.2. The van der Waals surface area contributed by atoms with E-state index in [0.717, 1.165) is 5.56 Å². The van der Waals surface area contributed by atoms with E-state index in [1.165, 1.54) is 24.3 Å². The Morgan fingerprint density at radius 2 is 1.96 bits per heavy atom. The van der Waals surface area contributed by atoms with Crippen LogP contribution in [0.3, 0.4) is 0 Å². The molecule has 124 valence electrons. The largest absolute Gasteiger partial charge is 0.325 e. The van der Waals surface area contributed by atoms with Gasteiger partial charge in [0.25, 0.3) is 0 Å². The molecule has 1 N–H and O–H groups in total. The fourth-order valence-electron chi connectivity index (χ4n) is 2.69. The number of hydrogen-bond donors (Lipinski definition) is 1. The molecule has 1 saturated heterocycles. The summed E-state index contributed by atoms with van der Waals surface area (Å²) in [6, 6.07) is 10.8. The summed E-state index contributed by atoms with van der Waals surface area (Å²) in [6.07, 6.45) is 0.428. The standard InChI is InChI=1S/C18H16ClFN2O2/c1-11-2-7-14(10-16(11)19)22-9-8-15(18(22)24)17(23)21-13-5-3-12(20)4-6-13/h2-7,10,15H,8-9H2,1H3,(H,21,23)/t15-/m0/s1. The summed E-state index contributed by atoms with van der Waals surface area (Å²) < 4.78 is 12.9.